The minimum Gasteiger partial charge on any atom is -0.490 e. The van der Waals surface area contributed by atoms with Crippen LogP contribution in [0.5, 0.6) is 5.75 Å². The number of pyridine rings is 1. The second kappa shape index (κ2) is 7.80. The molecule has 1 saturated heterocycles. The van der Waals surface area contributed by atoms with Crippen molar-refractivity contribution in [2.75, 3.05) is 13.2 Å². The van der Waals surface area contributed by atoms with Crippen LogP contribution < -0.4 is 10.1 Å². The molecule has 4 heteroatoms. The van der Waals surface area contributed by atoms with E-state index in [1.54, 1.807) is 6.20 Å². The van der Waals surface area contributed by atoms with Gasteiger partial charge in [0, 0.05) is 11.6 Å². The Morgan fingerprint density at radius 3 is 2.91 bits per heavy atom. The fourth-order valence-corrected chi connectivity index (χ4v) is 2.41. The largest absolute Gasteiger partial charge is 0.490 e. The number of rotatable bonds is 5. The Bertz CT molecular complexity index is 541. The molecular formula is C18H25ClN2O. The molecule has 22 heavy (non-hydrogen) atoms. The molecule has 3 nitrogen and oxygen atoms in total. The molecule has 0 aromatic carbocycles. The smallest absolute Gasteiger partial charge is 0.138 e. The summed E-state index contributed by atoms with van der Waals surface area (Å²) in [7, 11) is 0. The first-order valence-electron chi connectivity index (χ1n) is 7.82. The number of aromatic nitrogens is 1. The molecule has 120 valence electrons. The predicted octanol–water partition coefficient (Wildman–Crippen LogP) is 4.48. The Hall–Kier alpha value is -1.32. The summed E-state index contributed by atoms with van der Waals surface area (Å²) in [6.45, 7) is 8.25. The number of hydrogen-bond acceptors (Lipinski definition) is 3. The summed E-state index contributed by atoms with van der Waals surface area (Å²) in [5.74, 6) is 0.762. The highest BCUT2D eigenvalue weighted by molar-refractivity contribution is 6.30. The van der Waals surface area contributed by atoms with Gasteiger partial charge in [-0.15, -0.1) is 0 Å². The molecule has 1 aliphatic heterocycles. The van der Waals surface area contributed by atoms with Gasteiger partial charge >= 0.3 is 0 Å². The number of halogens is 1. The molecule has 1 aliphatic rings. The van der Waals surface area contributed by atoms with Gasteiger partial charge in [-0.25, -0.2) is 4.98 Å². The van der Waals surface area contributed by atoms with Gasteiger partial charge in [-0.1, -0.05) is 56.7 Å². The van der Waals surface area contributed by atoms with Gasteiger partial charge in [0.25, 0.3) is 0 Å². The maximum absolute atomic E-state index is 6.14. The average Bonchev–Trinajstić information content (AvgIpc) is 2.96. The highest BCUT2D eigenvalue weighted by Gasteiger charge is 2.14. The molecule has 0 bridgehead atoms. The Kier molecular flexibility index (Phi) is 6.04. The third kappa shape index (κ3) is 5.82. The molecular weight excluding hydrogens is 296 g/mol. The Morgan fingerprint density at radius 2 is 2.23 bits per heavy atom. The normalized spacial score (nSPS) is 19.4. The highest BCUT2D eigenvalue weighted by atomic mass is 35.5. The summed E-state index contributed by atoms with van der Waals surface area (Å²) in [4.78, 5) is 4.20. The Balaban J connectivity index is 1.97. The SMILES string of the molecule is CC(C)(C)C=CC=Cc1cc(OC[C@H]2CCCN2)cnc1Cl. The zero-order valence-corrected chi connectivity index (χ0v) is 14.4. The van der Waals surface area contributed by atoms with Crippen LogP contribution in [-0.2, 0) is 0 Å². The van der Waals surface area contributed by atoms with E-state index >= 15 is 0 Å². The molecule has 1 aromatic rings. The maximum atomic E-state index is 6.14. The van der Waals surface area contributed by atoms with Crippen molar-refractivity contribution in [1.29, 1.82) is 0 Å². The van der Waals surface area contributed by atoms with Crippen LogP contribution in [0.1, 0.15) is 39.2 Å². The van der Waals surface area contributed by atoms with Crippen LogP contribution in [0, 0.1) is 5.41 Å². The van der Waals surface area contributed by atoms with Crippen LogP contribution in [-0.4, -0.2) is 24.2 Å². The van der Waals surface area contributed by atoms with Gasteiger partial charge in [-0.05, 0) is 30.9 Å². The van der Waals surface area contributed by atoms with Crippen LogP contribution in [0.4, 0.5) is 0 Å². The van der Waals surface area contributed by atoms with Crippen molar-refractivity contribution < 1.29 is 4.74 Å². The summed E-state index contributed by atoms with van der Waals surface area (Å²) in [5, 5.41) is 3.91. The minimum absolute atomic E-state index is 0.172. The summed E-state index contributed by atoms with van der Waals surface area (Å²) in [6, 6.07) is 2.38. The summed E-state index contributed by atoms with van der Waals surface area (Å²) in [5.41, 5.74) is 1.04. The average molecular weight is 321 g/mol. The molecule has 0 radical (unpaired) electrons. The first kappa shape index (κ1) is 17.0. The zero-order chi connectivity index (χ0) is 16.0. The number of allylic oxidation sites excluding steroid dienone is 3. The monoisotopic (exact) mass is 320 g/mol. The van der Waals surface area contributed by atoms with E-state index in [1.165, 1.54) is 12.8 Å². The van der Waals surface area contributed by atoms with Crippen molar-refractivity contribution in [3.05, 3.63) is 41.2 Å². The molecule has 0 saturated carbocycles. The Morgan fingerprint density at radius 1 is 1.41 bits per heavy atom. The van der Waals surface area contributed by atoms with E-state index in [-0.39, 0.29) is 5.41 Å². The fourth-order valence-electron chi connectivity index (χ4n) is 2.24. The summed E-state index contributed by atoms with van der Waals surface area (Å²) in [6.07, 6.45) is 12.2. The van der Waals surface area contributed by atoms with Crippen molar-refractivity contribution in [1.82, 2.24) is 10.3 Å². The van der Waals surface area contributed by atoms with E-state index < -0.39 is 0 Å². The standard InChI is InChI=1S/C18H25ClN2O/c1-18(2,3)9-5-4-7-14-11-16(12-21-17(14)19)22-13-15-8-6-10-20-15/h4-5,7,9,11-12,15,20H,6,8,10,13H2,1-3H3/t15-/m1/s1. The Labute approximate surface area is 138 Å². The molecule has 0 aliphatic carbocycles. The quantitative estimate of drug-likeness (QED) is 0.641. The molecule has 2 rings (SSSR count). The molecule has 1 aromatic heterocycles. The van der Waals surface area contributed by atoms with Crippen molar-refractivity contribution in [3.8, 4) is 5.75 Å². The van der Waals surface area contributed by atoms with E-state index in [2.05, 4.69) is 37.1 Å². The lowest BCUT2D eigenvalue weighted by molar-refractivity contribution is 0.276. The van der Waals surface area contributed by atoms with E-state index in [1.807, 2.05) is 24.3 Å². The lowest BCUT2D eigenvalue weighted by Crippen LogP contribution is -2.28. The molecule has 2 heterocycles. The predicted molar refractivity (Wildman–Crippen MR) is 93.4 cm³/mol. The third-order valence-corrected chi connectivity index (χ3v) is 3.75. The molecule has 0 amide bonds. The van der Waals surface area contributed by atoms with Gasteiger partial charge in [-0.2, -0.15) is 0 Å². The number of nitrogens with zero attached hydrogens (tertiary/aromatic N) is 1. The van der Waals surface area contributed by atoms with Crippen LogP contribution in [0.25, 0.3) is 6.08 Å². The summed E-state index contributed by atoms with van der Waals surface area (Å²) < 4.78 is 5.81. The van der Waals surface area contributed by atoms with Gasteiger partial charge < -0.3 is 10.1 Å². The van der Waals surface area contributed by atoms with Crippen LogP contribution in [0.15, 0.2) is 30.5 Å². The van der Waals surface area contributed by atoms with E-state index in [9.17, 15) is 0 Å². The highest BCUT2D eigenvalue weighted by Crippen LogP contribution is 2.21. The van der Waals surface area contributed by atoms with Crippen molar-refractivity contribution in [2.45, 2.75) is 39.7 Å². The van der Waals surface area contributed by atoms with Crippen LogP contribution in [0.2, 0.25) is 5.15 Å². The van der Waals surface area contributed by atoms with Crippen molar-refractivity contribution >= 4 is 17.7 Å². The minimum atomic E-state index is 0.172. The number of hydrogen-bond donors (Lipinski definition) is 1. The van der Waals surface area contributed by atoms with Gasteiger partial charge in [-0.3, -0.25) is 0 Å². The molecule has 1 N–H and O–H groups in total. The number of ether oxygens (including phenoxy) is 1. The van der Waals surface area contributed by atoms with E-state index in [0.29, 0.717) is 17.8 Å². The summed E-state index contributed by atoms with van der Waals surface area (Å²) >= 11 is 6.14. The van der Waals surface area contributed by atoms with Crippen molar-refractivity contribution in [3.63, 3.8) is 0 Å². The van der Waals surface area contributed by atoms with E-state index in [4.69, 9.17) is 16.3 Å². The maximum Gasteiger partial charge on any atom is 0.138 e. The molecule has 1 atom stereocenters. The molecule has 1 fully saturated rings. The third-order valence-electron chi connectivity index (χ3n) is 3.44. The van der Waals surface area contributed by atoms with Crippen molar-refractivity contribution in [2.24, 2.45) is 5.41 Å². The lowest BCUT2D eigenvalue weighted by atomic mass is 9.96. The zero-order valence-electron chi connectivity index (χ0n) is 13.6. The lowest BCUT2D eigenvalue weighted by Gasteiger charge is -2.12. The first-order chi connectivity index (χ1) is 10.4. The van der Waals surface area contributed by atoms with Gasteiger partial charge in [0.1, 0.15) is 17.5 Å². The topological polar surface area (TPSA) is 34.1 Å². The second-order valence-corrected chi connectivity index (χ2v) is 7.10. The fraction of sp³-hybridized carbons (Fsp3) is 0.500. The second-order valence-electron chi connectivity index (χ2n) is 6.74. The first-order valence-corrected chi connectivity index (χ1v) is 8.19. The van der Waals surface area contributed by atoms with Crippen LogP contribution in [0.3, 0.4) is 0 Å². The molecule has 0 unspecified atom stereocenters. The van der Waals surface area contributed by atoms with Gasteiger partial charge in [0.2, 0.25) is 0 Å². The van der Waals surface area contributed by atoms with E-state index in [0.717, 1.165) is 17.9 Å². The molecule has 0 spiro atoms. The van der Waals surface area contributed by atoms with Crippen LogP contribution >= 0.6 is 11.6 Å². The van der Waals surface area contributed by atoms with Gasteiger partial charge in [0.15, 0.2) is 0 Å². The number of nitrogens with one attached hydrogen (secondary N) is 1. The van der Waals surface area contributed by atoms with Gasteiger partial charge in [0.05, 0.1) is 6.20 Å².